The van der Waals surface area contributed by atoms with Crippen LogP contribution in [0.3, 0.4) is 0 Å². The van der Waals surface area contributed by atoms with Crippen LogP contribution >= 0.6 is 7.60 Å². The first kappa shape index (κ1) is 30.8. The number of halogens is 2. The summed E-state index contributed by atoms with van der Waals surface area (Å²) in [5.74, 6) is 1.11. The predicted octanol–water partition coefficient (Wildman–Crippen LogP) is 8.18. The molecule has 4 rings (SSSR count). The van der Waals surface area contributed by atoms with Gasteiger partial charge in [-0.3, -0.25) is 9.55 Å². The van der Waals surface area contributed by atoms with Crippen LogP contribution in [0.25, 0.3) is 21.8 Å². The summed E-state index contributed by atoms with van der Waals surface area (Å²) in [6.45, 7) is 7.16. The first-order chi connectivity index (χ1) is 19.6. The van der Waals surface area contributed by atoms with Crippen LogP contribution < -0.4 is 10.5 Å². The first-order valence-electron chi connectivity index (χ1n) is 14.0. The molecule has 0 unspecified atom stereocenters. The number of nitrogen functional groups attached to an aromatic ring is 1. The average Bonchev–Trinajstić information content (AvgIpc) is 2.92. The molecule has 0 saturated heterocycles. The van der Waals surface area contributed by atoms with Crippen molar-refractivity contribution in [1.82, 2.24) is 9.97 Å². The van der Waals surface area contributed by atoms with Crippen molar-refractivity contribution in [2.24, 2.45) is 0 Å². The maximum atomic E-state index is 14.5. The monoisotopic (exact) mass is 585 g/mol. The Bertz CT molecular complexity index is 1550. The zero-order valence-electron chi connectivity index (χ0n) is 24.1. The van der Waals surface area contributed by atoms with E-state index in [1.54, 1.807) is 6.20 Å². The molecule has 2 aromatic carbocycles. The molecule has 0 aliphatic rings. The molecule has 0 fully saturated rings. The van der Waals surface area contributed by atoms with Crippen LogP contribution in [0, 0.1) is 13.8 Å². The number of anilines is 1. The van der Waals surface area contributed by atoms with Gasteiger partial charge >= 0.3 is 13.3 Å². The SMILES string of the molecule is CCOP(=O)(OCC)C(F)(F)CCCCOc1ccc(CCc2ccnc3c(N)nc4cc(C)ccc4c23)c(C)c1. The van der Waals surface area contributed by atoms with Crippen LogP contribution in [0.1, 0.15) is 55.4 Å². The molecule has 0 aliphatic carbocycles. The molecule has 7 nitrogen and oxygen atoms in total. The van der Waals surface area contributed by atoms with Gasteiger partial charge in [-0.2, -0.15) is 8.78 Å². The lowest BCUT2D eigenvalue weighted by Crippen LogP contribution is -2.20. The summed E-state index contributed by atoms with van der Waals surface area (Å²) in [5.41, 5.74) is 8.87. The van der Waals surface area contributed by atoms with Crippen molar-refractivity contribution in [3.05, 3.63) is 70.9 Å². The van der Waals surface area contributed by atoms with Gasteiger partial charge in [0.25, 0.3) is 0 Å². The van der Waals surface area contributed by atoms with E-state index in [-0.39, 0.29) is 26.2 Å². The highest BCUT2D eigenvalue weighted by Gasteiger charge is 2.52. The van der Waals surface area contributed by atoms with Gasteiger partial charge in [0, 0.05) is 23.4 Å². The Labute approximate surface area is 240 Å². The van der Waals surface area contributed by atoms with Gasteiger partial charge in [0.15, 0.2) is 5.82 Å². The fraction of sp³-hybridized carbons (Fsp3) is 0.419. The predicted molar refractivity (Wildman–Crippen MR) is 160 cm³/mol. The third-order valence-corrected chi connectivity index (χ3v) is 9.28. The quantitative estimate of drug-likeness (QED) is 0.0906. The molecule has 0 bridgehead atoms. The number of fused-ring (bicyclic) bond motifs is 3. The Morgan fingerprint density at radius 3 is 2.39 bits per heavy atom. The third-order valence-electron chi connectivity index (χ3n) is 7.06. The summed E-state index contributed by atoms with van der Waals surface area (Å²) in [6, 6.07) is 14.1. The van der Waals surface area contributed by atoms with E-state index in [4.69, 9.17) is 19.5 Å². The Hall–Kier alpha value is -3.13. The summed E-state index contributed by atoms with van der Waals surface area (Å²) in [7, 11) is -4.49. The lowest BCUT2D eigenvalue weighted by atomic mass is 9.96. The number of nitrogens with two attached hydrogens (primary N) is 1. The Kier molecular flexibility index (Phi) is 9.95. The third kappa shape index (κ3) is 7.03. The molecule has 0 aliphatic heterocycles. The Morgan fingerprint density at radius 2 is 1.68 bits per heavy atom. The Morgan fingerprint density at radius 1 is 0.951 bits per heavy atom. The van der Waals surface area contributed by atoms with Crippen molar-refractivity contribution in [2.75, 3.05) is 25.6 Å². The summed E-state index contributed by atoms with van der Waals surface area (Å²) in [5, 5.41) is 2.08. The molecule has 220 valence electrons. The molecule has 0 saturated carbocycles. The van der Waals surface area contributed by atoms with E-state index in [2.05, 4.69) is 22.1 Å². The maximum Gasteiger partial charge on any atom is 0.399 e. The van der Waals surface area contributed by atoms with E-state index in [0.29, 0.717) is 18.0 Å². The van der Waals surface area contributed by atoms with Crippen LogP contribution in [-0.4, -0.2) is 35.5 Å². The number of alkyl halides is 2. The van der Waals surface area contributed by atoms with E-state index >= 15 is 0 Å². The first-order valence-corrected chi connectivity index (χ1v) is 15.6. The molecule has 0 amide bonds. The van der Waals surface area contributed by atoms with Gasteiger partial charge in [0.2, 0.25) is 0 Å². The number of nitrogens with zero attached hydrogens (tertiary/aromatic N) is 2. The van der Waals surface area contributed by atoms with Crippen molar-refractivity contribution in [2.45, 2.75) is 65.5 Å². The largest absolute Gasteiger partial charge is 0.494 e. The van der Waals surface area contributed by atoms with E-state index in [1.807, 2.05) is 44.2 Å². The second-order valence-corrected chi connectivity index (χ2v) is 12.3. The Balaban J connectivity index is 1.36. The van der Waals surface area contributed by atoms with Crippen molar-refractivity contribution in [1.29, 1.82) is 0 Å². The number of pyridine rings is 2. The van der Waals surface area contributed by atoms with Gasteiger partial charge in [-0.1, -0.05) is 18.2 Å². The number of hydrogen-bond donors (Lipinski definition) is 1. The number of rotatable bonds is 14. The highest BCUT2D eigenvalue weighted by atomic mass is 31.2. The molecule has 0 spiro atoms. The van der Waals surface area contributed by atoms with Crippen molar-refractivity contribution in [3.8, 4) is 5.75 Å². The molecule has 4 aromatic rings. The van der Waals surface area contributed by atoms with E-state index < -0.39 is 19.7 Å². The van der Waals surface area contributed by atoms with Gasteiger partial charge in [-0.05, 0) is 99.9 Å². The summed E-state index contributed by atoms with van der Waals surface area (Å²) in [4.78, 5) is 9.07. The van der Waals surface area contributed by atoms with Gasteiger partial charge in [-0.15, -0.1) is 0 Å². The second-order valence-electron chi connectivity index (χ2n) is 10.1. The van der Waals surface area contributed by atoms with E-state index in [9.17, 15) is 13.3 Å². The van der Waals surface area contributed by atoms with Crippen molar-refractivity contribution >= 4 is 35.2 Å². The minimum atomic E-state index is -4.49. The summed E-state index contributed by atoms with van der Waals surface area (Å²) >= 11 is 0. The van der Waals surface area contributed by atoms with E-state index in [0.717, 1.165) is 51.3 Å². The molecule has 2 N–H and O–H groups in total. The van der Waals surface area contributed by atoms with Gasteiger partial charge in [-0.25, -0.2) is 4.98 Å². The molecule has 2 heterocycles. The van der Waals surface area contributed by atoms with Crippen LogP contribution in [0.5, 0.6) is 5.75 Å². The summed E-state index contributed by atoms with van der Waals surface area (Å²) in [6.07, 6.45) is 3.31. The van der Waals surface area contributed by atoms with Crippen LogP contribution in [0.2, 0.25) is 0 Å². The average molecular weight is 586 g/mol. The zero-order valence-corrected chi connectivity index (χ0v) is 25.0. The number of hydrogen-bond acceptors (Lipinski definition) is 7. The van der Waals surface area contributed by atoms with Gasteiger partial charge in [0.05, 0.1) is 25.3 Å². The van der Waals surface area contributed by atoms with E-state index in [1.165, 1.54) is 19.4 Å². The lowest BCUT2D eigenvalue weighted by molar-refractivity contribution is 0.0288. The smallest absolute Gasteiger partial charge is 0.399 e. The van der Waals surface area contributed by atoms with Gasteiger partial charge in [0.1, 0.15) is 11.3 Å². The molecular weight excluding hydrogens is 547 g/mol. The van der Waals surface area contributed by atoms with Crippen molar-refractivity contribution < 1.29 is 27.1 Å². The van der Waals surface area contributed by atoms with Crippen molar-refractivity contribution in [3.63, 3.8) is 0 Å². The molecule has 41 heavy (non-hydrogen) atoms. The highest BCUT2D eigenvalue weighted by molar-refractivity contribution is 7.55. The molecule has 2 aromatic heterocycles. The number of ether oxygens (including phenoxy) is 1. The number of aromatic nitrogens is 2. The van der Waals surface area contributed by atoms with Crippen LogP contribution in [-0.2, 0) is 26.5 Å². The zero-order chi connectivity index (χ0) is 29.6. The number of benzene rings is 2. The molecule has 0 atom stereocenters. The van der Waals surface area contributed by atoms with Crippen LogP contribution in [0.15, 0.2) is 48.7 Å². The number of aryl methyl sites for hydroxylation is 4. The second kappa shape index (κ2) is 13.2. The van der Waals surface area contributed by atoms with Crippen LogP contribution in [0.4, 0.5) is 14.6 Å². The molecule has 10 heteroatoms. The topological polar surface area (TPSA) is 96.6 Å². The minimum absolute atomic E-state index is 0.104. The maximum absolute atomic E-state index is 14.5. The number of unbranched alkanes of at least 4 members (excludes halogenated alkanes) is 1. The lowest BCUT2D eigenvalue weighted by Gasteiger charge is -2.25. The standard InChI is InChI=1S/C31H38F2N3O4P/c1-5-39-41(37,40-6-2)31(32,33)16-7-8-18-38-25-13-12-23(22(4)20-25)10-11-24-15-17-35-29-28(24)26-14-9-21(3)19-27(26)36-30(29)34/h9,12-15,17,19-20H,5-8,10-11,16,18H2,1-4H3,(H2,34,36). The fourth-order valence-electron chi connectivity index (χ4n) is 4.97. The minimum Gasteiger partial charge on any atom is -0.494 e. The molecule has 0 radical (unpaired) electrons. The van der Waals surface area contributed by atoms with Gasteiger partial charge < -0.3 is 19.5 Å². The summed E-state index contributed by atoms with van der Waals surface area (Å²) < 4.78 is 57.0. The molecular formula is C31H38F2N3O4P. The normalized spacial score (nSPS) is 12.3. The highest BCUT2D eigenvalue weighted by Crippen LogP contribution is 2.63. The fourth-order valence-corrected chi connectivity index (χ4v) is 6.54.